The number of nitrogens with one attached hydrogen (secondary N) is 2. The molecule has 126 valence electrons. The van der Waals surface area contributed by atoms with E-state index in [-0.39, 0.29) is 0 Å². The van der Waals surface area contributed by atoms with Gasteiger partial charge in [0.1, 0.15) is 5.75 Å². The summed E-state index contributed by atoms with van der Waals surface area (Å²) in [5.74, 6) is 1.44. The lowest BCUT2D eigenvalue weighted by atomic mass is 10.2. The van der Waals surface area contributed by atoms with Gasteiger partial charge in [-0.2, -0.15) is 0 Å². The van der Waals surface area contributed by atoms with Gasteiger partial charge in [0.15, 0.2) is 0 Å². The molecule has 0 amide bonds. The number of hydrogen-bond acceptors (Lipinski definition) is 4. The lowest BCUT2D eigenvalue weighted by Gasteiger charge is -2.14. The number of aromatic nitrogens is 2. The number of ether oxygens (including phenoxy) is 1. The number of rotatable bonds is 5. The van der Waals surface area contributed by atoms with Gasteiger partial charge in [-0.05, 0) is 37.6 Å². The number of para-hydroxylation sites is 1. The van der Waals surface area contributed by atoms with Crippen LogP contribution in [-0.2, 0) is 7.05 Å². The molecular formula is C18H21ClN4O. The second kappa shape index (κ2) is 6.61. The Morgan fingerprint density at radius 1 is 1.29 bits per heavy atom. The van der Waals surface area contributed by atoms with Crippen LogP contribution in [0.1, 0.15) is 12.5 Å². The van der Waals surface area contributed by atoms with Gasteiger partial charge in [-0.15, -0.1) is 0 Å². The lowest BCUT2D eigenvalue weighted by Crippen LogP contribution is -2.04. The molecule has 0 aliphatic heterocycles. The first-order valence-electron chi connectivity index (χ1n) is 7.85. The standard InChI is InChI=1S/C18H21ClN4O/c1-5-20-13-7-6-8-14-17(13)23(3)18(21-14)22-16-11(2)9-12(19)10-15(16)24-4/h6-10,20H,5H2,1-4H3,(H,21,22). The summed E-state index contributed by atoms with van der Waals surface area (Å²) in [5.41, 5.74) is 4.93. The summed E-state index contributed by atoms with van der Waals surface area (Å²) in [4.78, 5) is 4.71. The highest BCUT2D eigenvalue weighted by Gasteiger charge is 2.15. The van der Waals surface area contributed by atoms with Gasteiger partial charge in [0.05, 0.1) is 29.5 Å². The van der Waals surface area contributed by atoms with Crippen LogP contribution >= 0.6 is 11.6 Å². The average molecular weight is 345 g/mol. The fraction of sp³-hybridized carbons (Fsp3) is 0.278. The smallest absolute Gasteiger partial charge is 0.208 e. The number of nitrogens with zero attached hydrogens (tertiary/aromatic N) is 2. The van der Waals surface area contributed by atoms with Crippen molar-refractivity contribution in [1.29, 1.82) is 0 Å². The van der Waals surface area contributed by atoms with E-state index in [9.17, 15) is 0 Å². The molecule has 0 aliphatic rings. The first-order chi connectivity index (χ1) is 11.5. The molecule has 5 nitrogen and oxygen atoms in total. The van der Waals surface area contributed by atoms with Crippen LogP contribution in [0.3, 0.4) is 0 Å². The van der Waals surface area contributed by atoms with E-state index in [1.165, 1.54) is 0 Å². The number of benzene rings is 2. The Morgan fingerprint density at radius 2 is 2.08 bits per heavy atom. The molecule has 0 aliphatic carbocycles. The minimum absolute atomic E-state index is 0.648. The first-order valence-corrected chi connectivity index (χ1v) is 8.23. The molecule has 0 unspecified atom stereocenters. The average Bonchev–Trinajstić information content (AvgIpc) is 2.87. The highest BCUT2D eigenvalue weighted by Crippen LogP contribution is 2.35. The fourth-order valence-electron chi connectivity index (χ4n) is 2.86. The van der Waals surface area contributed by atoms with E-state index in [1.54, 1.807) is 13.2 Å². The molecule has 0 radical (unpaired) electrons. The Morgan fingerprint density at radius 3 is 2.79 bits per heavy atom. The molecule has 0 spiro atoms. The molecule has 0 fully saturated rings. The van der Waals surface area contributed by atoms with Gasteiger partial charge in [-0.3, -0.25) is 0 Å². The predicted octanol–water partition coefficient (Wildman–Crippen LogP) is 4.72. The third-order valence-corrected chi connectivity index (χ3v) is 4.20. The molecule has 2 aromatic carbocycles. The molecule has 1 aromatic heterocycles. The van der Waals surface area contributed by atoms with Gasteiger partial charge in [-0.1, -0.05) is 17.7 Å². The molecule has 0 saturated carbocycles. The molecule has 0 saturated heterocycles. The quantitative estimate of drug-likeness (QED) is 0.703. The van der Waals surface area contributed by atoms with Crippen molar-refractivity contribution in [1.82, 2.24) is 9.55 Å². The molecule has 2 N–H and O–H groups in total. The highest BCUT2D eigenvalue weighted by atomic mass is 35.5. The van der Waals surface area contributed by atoms with Crippen LogP contribution in [0.15, 0.2) is 30.3 Å². The molecule has 3 aromatic rings. The van der Waals surface area contributed by atoms with Crippen molar-refractivity contribution in [2.75, 3.05) is 24.3 Å². The van der Waals surface area contributed by atoms with Gasteiger partial charge >= 0.3 is 0 Å². The van der Waals surface area contributed by atoms with Crippen LogP contribution in [-0.4, -0.2) is 23.2 Å². The summed E-state index contributed by atoms with van der Waals surface area (Å²) in [6.45, 7) is 4.93. The largest absolute Gasteiger partial charge is 0.495 e. The van der Waals surface area contributed by atoms with Gasteiger partial charge in [-0.25, -0.2) is 4.98 Å². The molecule has 1 heterocycles. The van der Waals surface area contributed by atoms with Crippen LogP contribution in [0.2, 0.25) is 5.02 Å². The zero-order valence-electron chi connectivity index (χ0n) is 14.3. The van der Waals surface area contributed by atoms with E-state index in [0.717, 1.165) is 40.5 Å². The Labute approximate surface area is 146 Å². The molecule has 0 atom stereocenters. The van der Waals surface area contributed by atoms with E-state index in [0.29, 0.717) is 10.8 Å². The van der Waals surface area contributed by atoms with Gasteiger partial charge in [0, 0.05) is 24.7 Å². The fourth-order valence-corrected chi connectivity index (χ4v) is 3.12. The summed E-state index contributed by atoms with van der Waals surface area (Å²) in [6, 6.07) is 9.77. The monoisotopic (exact) mass is 344 g/mol. The summed E-state index contributed by atoms with van der Waals surface area (Å²) in [7, 11) is 3.63. The maximum Gasteiger partial charge on any atom is 0.208 e. The zero-order valence-corrected chi connectivity index (χ0v) is 15.0. The second-order valence-corrected chi connectivity index (χ2v) is 6.06. The van der Waals surface area contributed by atoms with Crippen LogP contribution in [0.25, 0.3) is 11.0 Å². The Bertz CT molecular complexity index is 888. The first kappa shape index (κ1) is 16.5. The number of imidazole rings is 1. The van der Waals surface area contributed by atoms with Crippen molar-refractivity contribution in [3.8, 4) is 5.75 Å². The third kappa shape index (κ3) is 2.87. The number of methoxy groups -OCH3 is 1. The number of anilines is 3. The van der Waals surface area contributed by atoms with Crippen molar-refractivity contribution in [2.24, 2.45) is 7.05 Å². The minimum atomic E-state index is 0.648. The summed E-state index contributed by atoms with van der Waals surface area (Å²) in [6.07, 6.45) is 0. The SMILES string of the molecule is CCNc1cccc2nc(Nc3c(C)cc(Cl)cc3OC)n(C)c12. The second-order valence-electron chi connectivity index (χ2n) is 5.62. The summed E-state index contributed by atoms with van der Waals surface area (Å²) < 4.78 is 7.50. The van der Waals surface area contributed by atoms with Crippen LogP contribution in [0.4, 0.5) is 17.3 Å². The maximum atomic E-state index is 6.12. The summed E-state index contributed by atoms with van der Waals surface area (Å²) in [5, 5.41) is 7.41. The van der Waals surface area contributed by atoms with Gasteiger partial charge in [0.2, 0.25) is 5.95 Å². The number of aryl methyl sites for hydroxylation is 2. The maximum absolute atomic E-state index is 6.12. The predicted molar refractivity (Wildman–Crippen MR) is 101 cm³/mol. The van der Waals surface area contributed by atoms with Crippen LogP contribution < -0.4 is 15.4 Å². The number of fused-ring (bicyclic) bond motifs is 1. The molecular weight excluding hydrogens is 324 g/mol. The van der Waals surface area contributed by atoms with Crippen molar-refractivity contribution in [3.63, 3.8) is 0 Å². The zero-order chi connectivity index (χ0) is 17.3. The Hall–Kier alpha value is -2.40. The molecule has 24 heavy (non-hydrogen) atoms. The van der Waals surface area contributed by atoms with Crippen molar-refractivity contribution in [2.45, 2.75) is 13.8 Å². The number of hydrogen-bond donors (Lipinski definition) is 2. The number of halogens is 1. The molecule has 3 rings (SSSR count). The third-order valence-electron chi connectivity index (χ3n) is 3.98. The van der Waals surface area contributed by atoms with Crippen molar-refractivity contribution < 1.29 is 4.74 Å². The molecule has 6 heteroatoms. The normalized spacial score (nSPS) is 10.9. The Kier molecular flexibility index (Phi) is 4.53. The van der Waals surface area contributed by atoms with Gasteiger partial charge < -0.3 is 19.9 Å². The van der Waals surface area contributed by atoms with Crippen LogP contribution in [0, 0.1) is 6.92 Å². The topological polar surface area (TPSA) is 51.1 Å². The van der Waals surface area contributed by atoms with E-state index >= 15 is 0 Å². The van der Waals surface area contributed by atoms with Crippen molar-refractivity contribution >= 4 is 40.0 Å². The van der Waals surface area contributed by atoms with E-state index in [1.807, 2.05) is 36.7 Å². The van der Waals surface area contributed by atoms with Crippen molar-refractivity contribution in [3.05, 3.63) is 40.9 Å². The Balaban J connectivity index is 2.09. The summed E-state index contributed by atoms with van der Waals surface area (Å²) >= 11 is 6.12. The van der Waals surface area contributed by atoms with E-state index in [4.69, 9.17) is 21.3 Å². The van der Waals surface area contributed by atoms with E-state index in [2.05, 4.69) is 23.6 Å². The van der Waals surface area contributed by atoms with Gasteiger partial charge in [0.25, 0.3) is 0 Å². The van der Waals surface area contributed by atoms with E-state index < -0.39 is 0 Å². The minimum Gasteiger partial charge on any atom is -0.495 e. The van der Waals surface area contributed by atoms with Crippen LogP contribution in [0.5, 0.6) is 5.75 Å². The highest BCUT2D eigenvalue weighted by molar-refractivity contribution is 6.31. The lowest BCUT2D eigenvalue weighted by molar-refractivity contribution is 0.416. The molecule has 0 bridgehead atoms.